The summed E-state index contributed by atoms with van der Waals surface area (Å²) in [6, 6.07) is 6.74. The predicted octanol–water partition coefficient (Wildman–Crippen LogP) is 3.85. The van der Waals surface area contributed by atoms with Crippen molar-refractivity contribution < 1.29 is 31.4 Å². The maximum absolute atomic E-state index is 15.3. The first-order valence-electron chi connectivity index (χ1n) is 15.2. The van der Waals surface area contributed by atoms with Crippen LogP contribution >= 0.6 is 0 Å². The van der Waals surface area contributed by atoms with Crippen molar-refractivity contribution in [1.29, 1.82) is 0 Å². The molecule has 43 heavy (non-hydrogen) atoms. The number of hydrogen-bond acceptors (Lipinski definition) is 7. The molecule has 5 rings (SSSR count). The number of aliphatic hydroxyl groups is 1. The Kier molecular flexibility index (Phi) is 10.0. The fourth-order valence-electron chi connectivity index (χ4n) is 7.23. The summed E-state index contributed by atoms with van der Waals surface area (Å²) < 4.78 is 77.5. The number of rotatable bonds is 9. The average Bonchev–Trinajstić information content (AvgIpc) is 3.07. The third kappa shape index (κ3) is 7.37. The predicted molar refractivity (Wildman–Crippen MR) is 159 cm³/mol. The number of nitrogens with two attached hydrogens (primary N) is 1. The molecular formula is C31H43F3N4O4S. The summed E-state index contributed by atoms with van der Waals surface area (Å²) in [7, 11) is -3.44. The van der Waals surface area contributed by atoms with Gasteiger partial charge in [0.05, 0.1) is 29.7 Å². The van der Waals surface area contributed by atoms with Crippen LogP contribution in [-0.2, 0) is 21.2 Å². The van der Waals surface area contributed by atoms with Gasteiger partial charge in [-0.3, -0.25) is 0 Å². The van der Waals surface area contributed by atoms with E-state index >= 15 is 8.78 Å². The molecule has 238 valence electrons. The van der Waals surface area contributed by atoms with Gasteiger partial charge in [0, 0.05) is 36.7 Å². The van der Waals surface area contributed by atoms with Crippen molar-refractivity contribution in [1.82, 2.24) is 9.62 Å². The molecule has 12 heteroatoms. The van der Waals surface area contributed by atoms with Gasteiger partial charge in [0.25, 0.3) is 0 Å². The van der Waals surface area contributed by atoms with Gasteiger partial charge < -0.3 is 26.2 Å². The van der Waals surface area contributed by atoms with Crippen LogP contribution in [0.1, 0.15) is 63.0 Å². The molecule has 0 spiro atoms. The lowest BCUT2D eigenvalue weighted by Gasteiger charge is -2.41. The summed E-state index contributed by atoms with van der Waals surface area (Å²) in [6.07, 6.45) is 1.46. The van der Waals surface area contributed by atoms with Gasteiger partial charge in [0.15, 0.2) is 0 Å². The summed E-state index contributed by atoms with van der Waals surface area (Å²) in [5.74, 6) is -2.17. The number of nitrogens with zero attached hydrogens (tertiary/aromatic N) is 1. The second-order valence-corrected chi connectivity index (χ2v) is 14.5. The second kappa shape index (κ2) is 13.4. The molecule has 0 radical (unpaired) electrons. The number of fused-ring (bicyclic) bond motifs is 2. The van der Waals surface area contributed by atoms with Crippen LogP contribution in [0, 0.1) is 23.4 Å². The van der Waals surface area contributed by atoms with Crippen molar-refractivity contribution in [3.8, 4) is 0 Å². The van der Waals surface area contributed by atoms with Gasteiger partial charge in [-0.1, -0.05) is 12.1 Å². The number of anilines is 1. The minimum atomic E-state index is -3.44. The van der Waals surface area contributed by atoms with E-state index < -0.39 is 51.7 Å². The first kappa shape index (κ1) is 32.2. The molecule has 0 aliphatic carbocycles. The highest BCUT2D eigenvalue weighted by atomic mass is 32.2. The highest BCUT2D eigenvalue weighted by Crippen LogP contribution is 2.39. The molecule has 5 N–H and O–H groups in total. The van der Waals surface area contributed by atoms with Crippen molar-refractivity contribution >= 4 is 15.7 Å². The molecule has 2 unspecified atom stereocenters. The van der Waals surface area contributed by atoms with Crippen LogP contribution in [0.15, 0.2) is 36.4 Å². The number of sulfonamides is 1. The van der Waals surface area contributed by atoms with E-state index in [-0.39, 0.29) is 54.0 Å². The van der Waals surface area contributed by atoms with Crippen molar-refractivity contribution in [2.24, 2.45) is 11.7 Å². The quantitative estimate of drug-likeness (QED) is 0.313. The topological polar surface area (TPSA) is 117 Å². The van der Waals surface area contributed by atoms with E-state index in [2.05, 4.69) is 10.6 Å². The molecular weight excluding hydrogens is 581 g/mol. The second-order valence-electron chi connectivity index (χ2n) is 12.4. The molecule has 3 aliphatic rings. The van der Waals surface area contributed by atoms with Gasteiger partial charge in [-0.05, 0) is 88.1 Å². The van der Waals surface area contributed by atoms with E-state index in [0.717, 1.165) is 24.1 Å². The van der Waals surface area contributed by atoms with Gasteiger partial charge in [0.1, 0.15) is 23.7 Å². The third-order valence-corrected chi connectivity index (χ3v) is 11.2. The average molecular weight is 625 g/mol. The Balaban J connectivity index is 1.37. The molecule has 8 nitrogen and oxygen atoms in total. The smallest absolute Gasteiger partial charge is 0.214 e. The Labute approximate surface area is 252 Å². The van der Waals surface area contributed by atoms with Crippen LogP contribution in [0.25, 0.3) is 0 Å². The van der Waals surface area contributed by atoms with Gasteiger partial charge in [0.2, 0.25) is 10.0 Å². The molecule has 2 bridgehead atoms. The first-order chi connectivity index (χ1) is 20.4. The van der Waals surface area contributed by atoms with Crippen molar-refractivity contribution in [3.05, 3.63) is 65.0 Å². The Morgan fingerprint density at radius 2 is 1.77 bits per heavy atom. The molecule has 9 atom stereocenters. The van der Waals surface area contributed by atoms with Crippen molar-refractivity contribution in [3.63, 3.8) is 0 Å². The minimum absolute atomic E-state index is 0.00862. The van der Waals surface area contributed by atoms with Gasteiger partial charge in [-0.25, -0.2) is 21.6 Å². The fourth-order valence-corrected chi connectivity index (χ4v) is 9.04. The number of nitrogens with one attached hydrogen (secondary N) is 2. The Bertz CT molecular complexity index is 1360. The number of piperazine rings is 1. The lowest BCUT2D eigenvalue weighted by Crippen LogP contribution is -2.57. The van der Waals surface area contributed by atoms with Crippen molar-refractivity contribution in [2.75, 3.05) is 24.2 Å². The molecule has 2 aromatic carbocycles. The molecule has 0 saturated carbocycles. The van der Waals surface area contributed by atoms with Crippen LogP contribution in [0.2, 0.25) is 0 Å². The Morgan fingerprint density at radius 3 is 2.47 bits per heavy atom. The van der Waals surface area contributed by atoms with Crippen LogP contribution in [0.5, 0.6) is 0 Å². The van der Waals surface area contributed by atoms with Gasteiger partial charge in [-0.2, -0.15) is 4.31 Å². The molecule has 3 aliphatic heterocycles. The zero-order valence-corrected chi connectivity index (χ0v) is 25.5. The molecule has 3 saturated heterocycles. The van der Waals surface area contributed by atoms with Crippen LogP contribution in [0.3, 0.4) is 0 Å². The lowest BCUT2D eigenvalue weighted by atomic mass is 9.74. The highest BCUT2D eigenvalue weighted by molar-refractivity contribution is 7.89. The third-order valence-electron chi connectivity index (χ3n) is 9.26. The Morgan fingerprint density at radius 1 is 1.09 bits per heavy atom. The summed E-state index contributed by atoms with van der Waals surface area (Å²) in [5, 5.41) is 17.5. The normalized spacial score (nSPS) is 31.0. The summed E-state index contributed by atoms with van der Waals surface area (Å²) in [5.41, 5.74) is 7.25. The summed E-state index contributed by atoms with van der Waals surface area (Å²) in [6.45, 7) is 4.74. The van der Waals surface area contributed by atoms with E-state index in [4.69, 9.17) is 10.5 Å². The fraction of sp³-hybridized carbons (Fsp3) is 0.613. The summed E-state index contributed by atoms with van der Waals surface area (Å²) in [4.78, 5) is 0. The maximum atomic E-state index is 15.3. The van der Waals surface area contributed by atoms with E-state index in [0.29, 0.717) is 32.4 Å². The summed E-state index contributed by atoms with van der Waals surface area (Å²) >= 11 is 0. The standard InChI is InChI=1S/C31H43F3N4O4S/c1-18-14-21(15-19(2)42-18)28(20-5-7-22(32)8-6-20)29(35)31(39)37-30-25(26(33)11-12-27(30)34)10-9-24-16-36-23-4-3-13-43(40,41)38(24)17-23/h5-8,11-12,18-19,21,23-24,28-29,31,36-37,39H,3-4,9-10,13-17,35H2,1-2H3/t18-,19+,21+,23-,24+,28+,29+,31?/m1/s1. The lowest BCUT2D eigenvalue weighted by molar-refractivity contribution is -0.0608. The van der Waals surface area contributed by atoms with E-state index in [9.17, 15) is 17.9 Å². The number of ether oxygens (including phenoxy) is 1. The van der Waals surface area contributed by atoms with Gasteiger partial charge >= 0.3 is 0 Å². The molecule has 3 heterocycles. The largest absolute Gasteiger partial charge is 0.376 e. The van der Waals surface area contributed by atoms with Crippen LogP contribution < -0.4 is 16.4 Å². The van der Waals surface area contributed by atoms with E-state index in [1.54, 1.807) is 12.1 Å². The Hall–Kier alpha value is -2.22. The number of hydrogen-bond donors (Lipinski definition) is 4. The van der Waals surface area contributed by atoms with Crippen LogP contribution in [-0.4, -0.2) is 73.2 Å². The zero-order chi connectivity index (χ0) is 30.9. The number of halogens is 3. The molecule has 3 fully saturated rings. The van der Waals surface area contributed by atoms with Crippen LogP contribution in [0.4, 0.5) is 18.9 Å². The monoisotopic (exact) mass is 624 g/mol. The van der Waals surface area contributed by atoms with E-state index in [1.165, 1.54) is 16.4 Å². The first-order valence-corrected chi connectivity index (χ1v) is 16.8. The molecule has 2 aromatic rings. The molecule has 0 aromatic heterocycles. The SMILES string of the molecule is C[C@@H]1C[C@H]([C@H](c2ccc(F)cc2)[C@H](N)C(O)Nc2c(F)ccc(F)c2CC[C@H]2CN[C@@H]3CCCS(=O)(=O)N2C3)C[C@H](C)O1. The highest BCUT2D eigenvalue weighted by Gasteiger charge is 2.39. The number of benzene rings is 2. The van der Waals surface area contributed by atoms with Crippen molar-refractivity contribution in [2.45, 2.75) is 94.9 Å². The van der Waals surface area contributed by atoms with Gasteiger partial charge in [-0.15, -0.1) is 0 Å². The minimum Gasteiger partial charge on any atom is -0.376 e. The van der Waals surface area contributed by atoms with E-state index in [1.807, 2.05) is 13.8 Å². The zero-order valence-electron chi connectivity index (χ0n) is 24.7. The number of aliphatic hydroxyl groups excluding tert-OH is 1. The maximum Gasteiger partial charge on any atom is 0.214 e. The molecule has 0 amide bonds.